The first-order valence-electron chi connectivity index (χ1n) is 13.1. The van der Waals surface area contributed by atoms with Crippen LogP contribution in [-0.2, 0) is 16.6 Å². The Hall–Kier alpha value is -3.93. The number of hydrogen-bond acceptors (Lipinski definition) is 3. The first-order chi connectivity index (χ1) is 18.0. The Morgan fingerprint density at radius 2 is 1.68 bits per heavy atom. The summed E-state index contributed by atoms with van der Waals surface area (Å²) in [5.41, 5.74) is 2.20. The minimum atomic E-state index is -1.15. The van der Waals surface area contributed by atoms with Crippen LogP contribution in [0.2, 0.25) is 0 Å². The fraction of sp³-hybridized carbons (Fsp3) is 0.323. The number of benzene rings is 2. The minimum absolute atomic E-state index is 0.192. The maximum Gasteiger partial charge on any atom is 0.252 e. The van der Waals surface area contributed by atoms with E-state index in [1.54, 1.807) is 12.1 Å². The van der Waals surface area contributed by atoms with Gasteiger partial charge in [0.15, 0.2) is 0 Å². The molecule has 2 aromatic heterocycles. The van der Waals surface area contributed by atoms with Crippen molar-refractivity contribution in [3.8, 4) is 0 Å². The molecule has 4 aromatic rings. The molecule has 1 atom stereocenters. The Morgan fingerprint density at radius 1 is 0.946 bits per heavy atom. The molecule has 0 radical (unpaired) electrons. The van der Waals surface area contributed by atoms with Gasteiger partial charge < -0.3 is 15.6 Å². The van der Waals surface area contributed by atoms with Gasteiger partial charge in [0.25, 0.3) is 5.91 Å². The van der Waals surface area contributed by atoms with Crippen LogP contribution < -0.4 is 10.6 Å². The maximum atomic E-state index is 14.0. The molecule has 1 fully saturated rings. The molecule has 5 rings (SSSR count). The predicted molar refractivity (Wildman–Crippen MR) is 146 cm³/mol. The largest absolute Gasteiger partial charge is 0.361 e. The van der Waals surface area contributed by atoms with Crippen molar-refractivity contribution in [2.24, 2.45) is 0 Å². The fourth-order valence-electron chi connectivity index (χ4n) is 5.63. The highest BCUT2D eigenvalue weighted by atomic mass is 16.2. The number of aromatic nitrogens is 2. The Balaban J connectivity index is 1.42. The highest BCUT2D eigenvalue weighted by Crippen LogP contribution is 2.38. The molecule has 37 heavy (non-hydrogen) atoms. The number of nitrogens with zero attached hydrogens (tertiary/aromatic N) is 1. The van der Waals surface area contributed by atoms with Crippen molar-refractivity contribution >= 4 is 22.7 Å². The van der Waals surface area contributed by atoms with Crippen LogP contribution in [-0.4, -0.2) is 33.9 Å². The molecule has 1 aliphatic rings. The van der Waals surface area contributed by atoms with Crippen LogP contribution in [0.15, 0.2) is 85.2 Å². The summed E-state index contributed by atoms with van der Waals surface area (Å²) in [5.74, 6) is -0.460. The van der Waals surface area contributed by atoms with E-state index < -0.39 is 5.54 Å². The average molecular weight is 495 g/mol. The van der Waals surface area contributed by atoms with Crippen LogP contribution in [0.4, 0.5) is 0 Å². The fourth-order valence-corrected chi connectivity index (χ4v) is 5.63. The lowest BCUT2D eigenvalue weighted by Gasteiger charge is -2.38. The number of rotatable bonds is 8. The summed E-state index contributed by atoms with van der Waals surface area (Å²) in [4.78, 5) is 35.2. The number of fused-ring (bicyclic) bond motifs is 1. The molecule has 0 unspecified atom stereocenters. The van der Waals surface area contributed by atoms with Gasteiger partial charge in [0.05, 0.1) is 0 Å². The van der Waals surface area contributed by atoms with Crippen LogP contribution in [0.5, 0.6) is 0 Å². The summed E-state index contributed by atoms with van der Waals surface area (Å²) in [7, 11) is 0. The van der Waals surface area contributed by atoms with Crippen LogP contribution in [0.25, 0.3) is 10.9 Å². The van der Waals surface area contributed by atoms with E-state index in [0.717, 1.165) is 47.8 Å². The molecular weight excluding hydrogens is 460 g/mol. The standard InChI is InChI=1S/C31H34N4O2/c1-30(35-28(36)23-12-4-2-5-13-23,20-24-21-33-26-15-7-6-14-25(24)26)29(37)34-22-31(17-9-3-10-18-31)27-16-8-11-19-32-27/h2,4-8,11-16,19,21,33H,3,9-10,17-18,20,22H2,1H3,(H,34,37)(H,35,36)/t30-/m0/s1. The van der Waals surface area contributed by atoms with Gasteiger partial charge in [-0.15, -0.1) is 0 Å². The van der Waals surface area contributed by atoms with Gasteiger partial charge in [0.2, 0.25) is 5.91 Å². The summed E-state index contributed by atoms with van der Waals surface area (Å²) in [5, 5.41) is 7.37. The van der Waals surface area contributed by atoms with Gasteiger partial charge in [0, 0.05) is 52.9 Å². The van der Waals surface area contributed by atoms with Crippen molar-refractivity contribution in [3.05, 3.63) is 102 Å². The van der Waals surface area contributed by atoms with E-state index in [2.05, 4.69) is 26.7 Å². The lowest BCUT2D eigenvalue weighted by atomic mass is 9.71. The van der Waals surface area contributed by atoms with Crippen molar-refractivity contribution in [3.63, 3.8) is 0 Å². The third kappa shape index (κ3) is 5.29. The summed E-state index contributed by atoms with van der Waals surface area (Å²) < 4.78 is 0. The minimum Gasteiger partial charge on any atom is -0.361 e. The Kier molecular flexibility index (Phi) is 7.08. The third-order valence-electron chi connectivity index (χ3n) is 7.75. The number of nitrogens with one attached hydrogen (secondary N) is 3. The summed E-state index contributed by atoms with van der Waals surface area (Å²) >= 11 is 0. The van der Waals surface area contributed by atoms with E-state index in [9.17, 15) is 9.59 Å². The molecule has 2 amide bonds. The molecule has 0 saturated heterocycles. The molecule has 0 spiro atoms. The number of amides is 2. The second-order valence-electron chi connectivity index (χ2n) is 10.4. The van der Waals surface area contributed by atoms with Crippen LogP contribution in [0.3, 0.4) is 0 Å². The van der Waals surface area contributed by atoms with Crippen molar-refractivity contribution in [2.45, 2.75) is 56.4 Å². The maximum absolute atomic E-state index is 14.0. The zero-order chi connectivity index (χ0) is 25.7. The normalized spacial score (nSPS) is 16.6. The highest BCUT2D eigenvalue weighted by molar-refractivity contribution is 5.99. The number of carbonyl (C=O) groups is 2. The average Bonchev–Trinajstić information content (AvgIpc) is 3.35. The zero-order valence-electron chi connectivity index (χ0n) is 21.3. The second-order valence-corrected chi connectivity index (χ2v) is 10.4. The van der Waals surface area contributed by atoms with E-state index in [1.165, 1.54) is 6.42 Å². The Bertz CT molecular complexity index is 1360. The van der Waals surface area contributed by atoms with E-state index in [4.69, 9.17) is 0 Å². The van der Waals surface area contributed by atoms with Crippen LogP contribution in [0.1, 0.15) is 60.6 Å². The molecule has 3 N–H and O–H groups in total. The number of carbonyl (C=O) groups excluding carboxylic acids is 2. The first-order valence-corrected chi connectivity index (χ1v) is 13.1. The van der Waals surface area contributed by atoms with Gasteiger partial charge in [-0.2, -0.15) is 0 Å². The molecule has 190 valence electrons. The Labute approximate surface area is 217 Å². The molecule has 6 nitrogen and oxygen atoms in total. The van der Waals surface area contributed by atoms with E-state index in [0.29, 0.717) is 18.5 Å². The van der Waals surface area contributed by atoms with E-state index in [-0.39, 0.29) is 17.2 Å². The van der Waals surface area contributed by atoms with Gasteiger partial charge in [-0.1, -0.05) is 61.7 Å². The summed E-state index contributed by atoms with van der Waals surface area (Å²) in [6.45, 7) is 2.31. The predicted octanol–water partition coefficient (Wildman–Crippen LogP) is 5.31. The van der Waals surface area contributed by atoms with Crippen molar-refractivity contribution < 1.29 is 9.59 Å². The number of H-pyrrole nitrogens is 1. The second kappa shape index (κ2) is 10.6. The van der Waals surface area contributed by atoms with Crippen LogP contribution >= 0.6 is 0 Å². The van der Waals surface area contributed by atoms with Gasteiger partial charge >= 0.3 is 0 Å². The van der Waals surface area contributed by atoms with Crippen molar-refractivity contribution in [1.82, 2.24) is 20.6 Å². The highest BCUT2D eigenvalue weighted by Gasteiger charge is 2.40. The third-order valence-corrected chi connectivity index (χ3v) is 7.75. The first kappa shape index (κ1) is 24.8. The summed E-state index contributed by atoms with van der Waals surface area (Å²) in [6.07, 6.45) is 9.52. The number of para-hydroxylation sites is 1. The van der Waals surface area contributed by atoms with E-state index in [1.807, 2.05) is 73.9 Å². The van der Waals surface area contributed by atoms with Crippen LogP contribution in [0, 0.1) is 0 Å². The molecule has 0 aliphatic heterocycles. The number of aromatic amines is 1. The lowest BCUT2D eigenvalue weighted by molar-refractivity contribution is -0.127. The molecule has 0 bridgehead atoms. The topological polar surface area (TPSA) is 86.9 Å². The summed E-state index contributed by atoms with van der Waals surface area (Å²) in [6, 6.07) is 23.1. The molecule has 1 aliphatic carbocycles. The van der Waals surface area contributed by atoms with Crippen molar-refractivity contribution in [1.29, 1.82) is 0 Å². The zero-order valence-corrected chi connectivity index (χ0v) is 21.3. The SMILES string of the molecule is C[C@@](Cc1c[nH]c2ccccc12)(NC(=O)c1ccccc1)C(=O)NCC1(c2ccccn2)CCCCC1. The van der Waals surface area contributed by atoms with Gasteiger partial charge in [0.1, 0.15) is 5.54 Å². The molecule has 2 aromatic carbocycles. The molecule has 6 heteroatoms. The number of pyridine rings is 1. The lowest BCUT2D eigenvalue weighted by Crippen LogP contribution is -2.59. The molecule has 1 saturated carbocycles. The Morgan fingerprint density at radius 3 is 2.43 bits per heavy atom. The monoisotopic (exact) mass is 494 g/mol. The van der Waals surface area contributed by atoms with E-state index >= 15 is 0 Å². The smallest absolute Gasteiger partial charge is 0.252 e. The van der Waals surface area contributed by atoms with Gasteiger partial charge in [-0.3, -0.25) is 14.6 Å². The quantitative estimate of drug-likeness (QED) is 0.310. The van der Waals surface area contributed by atoms with Gasteiger partial charge in [-0.25, -0.2) is 0 Å². The molecular formula is C31H34N4O2. The number of hydrogen-bond donors (Lipinski definition) is 3. The molecule has 2 heterocycles. The van der Waals surface area contributed by atoms with Gasteiger partial charge in [-0.05, 0) is 55.7 Å². The van der Waals surface area contributed by atoms with Crippen molar-refractivity contribution in [2.75, 3.05) is 6.54 Å².